The monoisotopic (exact) mass is 372 g/mol. The first kappa shape index (κ1) is 19.8. The fourth-order valence-electron chi connectivity index (χ4n) is 2.40. The minimum absolute atomic E-state index is 0.272. The van der Waals surface area contributed by atoms with Crippen LogP contribution in [-0.4, -0.2) is 12.0 Å². The molecular formula is C21H22F2N2S. The van der Waals surface area contributed by atoms with Crippen LogP contribution in [0.15, 0.2) is 72.5 Å². The van der Waals surface area contributed by atoms with Gasteiger partial charge < -0.3 is 5.32 Å². The van der Waals surface area contributed by atoms with Gasteiger partial charge in [-0.2, -0.15) is 0 Å². The summed E-state index contributed by atoms with van der Waals surface area (Å²) < 4.78 is 27.0. The van der Waals surface area contributed by atoms with E-state index in [1.54, 1.807) is 38.3 Å². The zero-order valence-electron chi connectivity index (χ0n) is 15.1. The second-order valence-corrected chi connectivity index (χ2v) is 6.71. The van der Waals surface area contributed by atoms with Crippen molar-refractivity contribution in [1.82, 2.24) is 10.3 Å². The van der Waals surface area contributed by atoms with E-state index >= 15 is 0 Å². The second-order valence-electron chi connectivity index (χ2n) is 5.59. The van der Waals surface area contributed by atoms with Crippen LogP contribution in [0.5, 0.6) is 0 Å². The number of thiophene rings is 1. The van der Waals surface area contributed by atoms with Crippen LogP contribution in [0.4, 0.5) is 8.78 Å². The molecule has 26 heavy (non-hydrogen) atoms. The summed E-state index contributed by atoms with van der Waals surface area (Å²) in [5.74, 6) is -0.550. The number of likely N-dealkylation sites (N-methyl/N-ethyl adjacent to an activating group) is 1. The maximum atomic E-state index is 14.0. The first-order valence-electron chi connectivity index (χ1n) is 8.25. The Morgan fingerprint density at radius 1 is 1.31 bits per heavy atom. The number of hydrogen-bond donors (Lipinski definition) is 1. The summed E-state index contributed by atoms with van der Waals surface area (Å²) in [7, 11) is 1.69. The number of nitrogens with one attached hydrogen (secondary N) is 1. The molecule has 5 heteroatoms. The molecule has 0 spiro atoms. The minimum Gasteiger partial charge on any atom is -0.386 e. The smallest absolute Gasteiger partial charge is 0.142 e. The molecule has 0 aliphatic carbocycles. The first-order valence-corrected chi connectivity index (χ1v) is 9.06. The van der Waals surface area contributed by atoms with Gasteiger partial charge in [0.15, 0.2) is 0 Å². The Morgan fingerprint density at radius 3 is 2.69 bits per heavy atom. The molecule has 0 unspecified atom stereocenters. The van der Waals surface area contributed by atoms with Crippen LogP contribution in [0.25, 0.3) is 15.8 Å². The van der Waals surface area contributed by atoms with Gasteiger partial charge in [0, 0.05) is 23.7 Å². The van der Waals surface area contributed by atoms with Crippen molar-refractivity contribution < 1.29 is 8.78 Å². The van der Waals surface area contributed by atoms with Crippen molar-refractivity contribution in [2.75, 3.05) is 7.05 Å². The van der Waals surface area contributed by atoms with Crippen molar-refractivity contribution >= 4 is 27.1 Å². The Balaban J connectivity index is 2.29. The van der Waals surface area contributed by atoms with Gasteiger partial charge in [0.05, 0.1) is 17.2 Å². The molecule has 0 aromatic carbocycles. The molecule has 2 nitrogen and oxygen atoms in total. The summed E-state index contributed by atoms with van der Waals surface area (Å²) in [5, 5.41) is 3.83. The van der Waals surface area contributed by atoms with Crippen LogP contribution in [0.3, 0.4) is 0 Å². The van der Waals surface area contributed by atoms with Gasteiger partial charge in [-0.25, -0.2) is 13.8 Å². The number of pyridine rings is 1. The molecule has 0 amide bonds. The van der Waals surface area contributed by atoms with E-state index in [-0.39, 0.29) is 11.7 Å². The summed E-state index contributed by atoms with van der Waals surface area (Å²) in [4.78, 5) is 6.51. The second kappa shape index (κ2) is 9.25. The molecule has 0 bridgehead atoms. The number of allylic oxidation sites excluding steroid dienone is 8. The molecule has 0 aliphatic heterocycles. The summed E-state index contributed by atoms with van der Waals surface area (Å²) >= 11 is 1.52. The average molecular weight is 372 g/mol. The molecule has 136 valence electrons. The summed E-state index contributed by atoms with van der Waals surface area (Å²) in [6, 6.07) is 5.85. The molecule has 0 atom stereocenters. The van der Waals surface area contributed by atoms with Crippen molar-refractivity contribution in [3.05, 3.63) is 83.1 Å². The highest BCUT2D eigenvalue weighted by atomic mass is 32.1. The van der Waals surface area contributed by atoms with Crippen LogP contribution in [0.2, 0.25) is 0 Å². The van der Waals surface area contributed by atoms with Crippen LogP contribution >= 0.6 is 11.3 Å². The Morgan fingerprint density at radius 2 is 2.08 bits per heavy atom. The van der Waals surface area contributed by atoms with Gasteiger partial charge >= 0.3 is 0 Å². The molecule has 0 fully saturated rings. The predicted octanol–water partition coefficient (Wildman–Crippen LogP) is 6.26. The van der Waals surface area contributed by atoms with Gasteiger partial charge in [0.2, 0.25) is 0 Å². The van der Waals surface area contributed by atoms with Crippen LogP contribution in [0.1, 0.15) is 24.4 Å². The van der Waals surface area contributed by atoms with Gasteiger partial charge in [-0.1, -0.05) is 24.8 Å². The fourth-order valence-corrected chi connectivity index (χ4v) is 3.39. The number of nitrogens with zero attached hydrogens (tertiary/aromatic N) is 1. The summed E-state index contributed by atoms with van der Waals surface area (Å²) in [6.07, 6.45) is 8.44. The quantitative estimate of drug-likeness (QED) is 0.580. The lowest BCUT2D eigenvalue weighted by Crippen LogP contribution is -2.05. The first-order chi connectivity index (χ1) is 12.5. The lowest BCUT2D eigenvalue weighted by Gasteiger charge is -2.02. The predicted molar refractivity (Wildman–Crippen MR) is 108 cm³/mol. The largest absolute Gasteiger partial charge is 0.386 e. The van der Waals surface area contributed by atoms with Gasteiger partial charge in [-0.05, 0) is 49.8 Å². The van der Waals surface area contributed by atoms with Gasteiger partial charge in [0.1, 0.15) is 10.7 Å². The van der Waals surface area contributed by atoms with Gasteiger partial charge in [-0.3, -0.25) is 0 Å². The summed E-state index contributed by atoms with van der Waals surface area (Å²) in [5.41, 5.74) is 1.95. The lowest BCUT2D eigenvalue weighted by molar-refractivity contribution is 0.629. The minimum atomic E-state index is -0.278. The number of rotatable bonds is 7. The third kappa shape index (κ3) is 4.99. The molecule has 2 rings (SSSR count). The van der Waals surface area contributed by atoms with Crippen molar-refractivity contribution in [2.45, 2.75) is 20.3 Å². The van der Waals surface area contributed by atoms with Crippen molar-refractivity contribution in [3.8, 4) is 0 Å². The highest BCUT2D eigenvalue weighted by Gasteiger charge is 2.07. The third-order valence-corrected chi connectivity index (χ3v) is 4.81. The van der Waals surface area contributed by atoms with Crippen LogP contribution in [0, 0.1) is 0 Å². The van der Waals surface area contributed by atoms with E-state index in [0.717, 1.165) is 26.4 Å². The highest BCUT2D eigenvalue weighted by molar-refractivity contribution is 7.18. The number of halogens is 2. The lowest BCUT2D eigenvalue weighted by atomic mass is 10.1. The number of hydrogen-bond acceptors (Lipinski definition) is 3. The van der Waals surface area contributed by atoms with Crippen molar-refractivity contribution in [3.63, 3.8) is 0 Å². The van der Waals surface area contributed by atoms with Crippen LogP contribution < -0.4 is 5.32 Å². The molecule has 2 heterocycles. The fraction of sp³-hybridized carbons (Fsp3) is 0.190. The van der Waals surface area contributed by atoms with Crippen LogP contribution in [-0.2, 0) is 6.42 Å². The standard InChI is InChI=1S/C21H22F2N2S/c1-5-15(8-7-14(3)22)20-12-9-16-13-17(26-21(16)25-20)10-11-18(23)19(6-2)24-4/h5-9,11-13,24H,1,10H2,2-4H3/b14-7+,15-8+,18-11+,19-6+. The summed E-state index contributed by atoms with van der Waals surface area (Å²) in [6.45, 7) is 6.94. The Labute approximate surface area is 157 Å². The van der Waals surface area contributed by atoms with E-state index in [0.29, 0.717) is 12.1 Å². The van der Waals surface area contributed by atoms with E-state index in [4.69, 9.17) is 0 Å². The normalized spacial score (nSPS) is 14.0. The Bertz CT molecular complexity index is 913. The maximum absolute atomic E-state index is 14.0. The Kier molecular flexibility index (Phi) is 7.04. The number of aromatic nitrogens is 1. The van der Waals surface area contributed by atoms with E-state index < -0.39 is 0 Å². The molecule has 1 N–H and O–H groups in total. The van der Waals surface area contributed by atoms with Crippen molar-refractivity contribution in [2.24, 2.45) is 0 Å². The SMILES string of the molecule is C=C/C(=C\C=C(/C)F)c1ccc2cc(C/C=C(F)\C(=C/C)NC)sc2n1. The van der Waals surface area contributed by atoms with Crippen molar-refractivity contribution in [1.29, 1.82) is 0 Å². The molecule has 2 aromatic heterocycles. The van der Waals surface area contributed by atoms with E-state index in [9.17, 15) is 8.78 Å². The molecule has 0 saturated heterocycles. The Hall–Kier alpha value is -2.53. The third-order valence-electron chi connectivity index (χ3n) is 3.74. The average Bonchev–Trinajstić information content (AvgIpc) is 3.03. The van der Waals surface area contributed by atoms with E-state index in [2.05, 4.69) is 16.9 Å². The zero-order chi connectivity index (χ0) is 19.1. The van der Waals surface area contributed by atoms with E-state index in [1.807, 2.05) is 18.2 Å². The highest BCUT2D eigenvalue weighted by Crippen LogP contribution is 2.27. The molecule has 0 saturated carbocycles. The van der Waals surface area contributed by atoms with Gasteiger partial charge in [-0.15, -0.1) is 11.3 Å². The van der Waals surface area contributed by atoms with E-state index in [1.165, 1.54) is 24.3 Å². The zero-order valence-corrected chi connectivity index (χ0v) is 16.0. The topological polar surface area (TPSA) is 24.9 Å². The maximum Gasteiger partial charge on any atom is 0.142 e. The van der Waals surface area contributed by atoms with Gasteiger partial charge in [0.25, 0.3) is 0 Å². The molecule has 0 radical (unpaired) electrons. The molecule has 0 aliphatic rings. The molecular weight excluding hydrogens is 350 g/mol. The molecule has 2 aromatic rings. The number of fused-ring (bicyclic) bond motifs is 1.